The summed E-state index contributed by atoms with van der Waals surface area (Å²) in [4.78, 5) is 15.3. The van der Waals surface area contributed by atoms with Crippen molar-refractivity contribution >= 4 is 5.91 Å². The van der Waals surface area contributed by atoms with Crippen molar-refractivity contribution < 1.29 is 24.9 Å². The minimum absolute atomic E-state index is 0.0970. The van der Waals surface area contributed by atoms with E-state index in [0.717, 1.165) is 70.1 Å². The maximum atomic E-state index is 13.3. The van der Waals surface area contributed by atoms with Crippen LogP contribution >= 0.6 is 0 Å². The number of methoxy groups -OCH3 is 1. The van der Waals surface area contributed by atoms with Gasteiger partial charge in [-0.25, -0.2) is 0 Å². The number of carbonyl (C=O) groups excluding carboxylic acids is 1. The second kappa shape index (κ2) is 10.6. The highest BCUT2D eigenvalue weighted by Gasteiger charge is 2.65. The molecule has 222 valence electrons. The average molecular weight is 554 g/mol. The van der Waals surface area contributed by atoms with E-state index in [1.54, 1.807) is 7.11 Å². The summed E-state index contributed by atoms with van der Waals surface area (Å²) < 4.78 is 5.37. The van der Waals surface area contributed by atoms with Gasteiger partial charge in [0.2, 0.25) is 5.91 Å². The van der Waals surface area contributed by atoms with E-state index in [4.69, 9.17) is 4.74 Å². The number of benzene rings is 1. The van der Waals surface area contributed by atoms with Crippen molar-refractivity contribution in [3.63, 3.8) is 0 Å². The first-order valence-electron chi connectivity index (χ1n) is 16.0. The van der Waals surface area contributed by atoms with Gasteiger partial charge in [0.05, 0.1) is 25.4 Å². The van der Waals surface area contributed by atoms with E-state index in [2.05, 4.69) is 32.9 Å². The first-order chi connectivity index (χ1) is 19.1. The second-order valence-electron chi connectivity index (χ2n) is 14.7. The molecule has 40 heavy (non-hydrogen) atoms. The Kier molecular flexibility index (Phi) is 7.53. The Balaban J connectivity index is 1.12. The Hall–Kier alpha value is -1.63. The van der Waals surface area contributed by atoms with Crippen molar-refractivity contribution in [2.24, 2.45) is 46.3 Å². The van der Waals surface area contributed by atoms with Crippen LogP contribution in [0, 0.1) is 46.3 Å². The molecule has 1 aliphatic heterocycles. The third-order valence-electron chi connectivity index (χ3n) is 13.1. The van der Waals surface area contributed by atoms with Gasteiger partial charge in [-0.15, -0.1) is 0 Å². The lowest BCUT2D eigenvalue weighted by molar-refractivity contribution is -0.207. The summed E-state index contributed by atoms with van der Waals surface area (Å²) in [7, 11) is 1.69. The maximum absolute atomic E-state index is 13.3. The lowest BCUT2D eigenvalue weighted by Crippen LogP contribution is -2.62. The van der Waals surface area contributed by atoms with Gasteiger partial charge in [0.25, 0.3) is 0 Å². The van der Waals surface area contributed by atoms with E-state index in [1.165, 1.54) is 11.1 Å². The van der Waals surface area contributed by atoms with Crippen molar-refractivity contribution in [3.05, 3.63) is 29.3 Å². The van der Waals surface area contributed by atoms with Gasteiger partial charge in [-0.1, -0.05) is 26.8 Å². The molecule has 6 nitrogen and oxygen atoms in total. The summed E-state index contributed by atoms with van der Waals surface area (Å²) in [5.41, 5.74) is 2.37. The molecule has 4 fully saturated rings. The van der Waals surface area contributed by atoms with Crippen LogP contribution in [-0.4, -0.2) is 58.1 Å². The molecule has 0 spiro atoms. The molecular weight excluding hydrogens is 502 g/mol. The second-order valence-corrected chi connectivity index (χ2v) is 14.7. The van der Waals surface area contributed by atoms with Crippen LogP contribution in [-0.2, 0) is 17.8 Å². The van der Waals surface area contributed by atoms with Crippen LogP contribution in [0.2, 0.25) is 0 Å². The normalized spacial score (nSPS) is 43.2. The van der Waals surface area contributed by atoms with E-state index >= 15 is 0 Å². The molecule has 0 saturated heterocycles. The van der Waals surface area contributed by atoms with Crippen molar-refractivity contribution in [2.75, 3.05) is 13.7 Å². The van der Waals surface area contributed by atoms with Crippen LogP contribution in [0.5, 0.6) is 5.75 Å². The Labute approximate surface area is 240 Å². The molecule has 0 bridgehead atoms. The van der Waals surface area contributed by atoms with Crippen molar-refractivity contribution in [3.8, 4) is 5.75 Å². The molecule has 1 heterocycles. The monoisotopic (exact) mass is 553 g/mol. The number of nitrogens with zero attached hydrogens (tertiary/aromatic N) is 1. The molecule has 3 N–H and O–H groups in total. The molecule has 4 saturated carbocycles. The Morgan fingerprint density at radius 3 is 2.65 bits per heavy atom. The Morgan fingerprint density at radius 2 is 1.88 bits per heavy atom. The molecule has 5 aliphatic rings. The average Bonchev–Trinajstić information content (AvgIpc) is 3.30. The lowest BCUT2D eigenvalue weighted by Gasteiger charge is -2.63. The van der Waals surface area contributed by atoms with E-state index in [-0.39, 0.29) is 41.0 Å². The maximum Gasteiger partial charge on any atom is 0.222 e. The van der Waals surface area contributed by atoms with Gasteiger partial charge in [-0.2, -0.15) is 0 Å². The number of aliphatic hydroxyl groups is 3. The van der Waals surface area contributed by atoms with Crippen LogP contribution < -0.4 is 4.74 Å². The molecule has 0 unspecified atom stereocenters. The number of aliphatic hydroxyl groups excluding tert-OH is 3. The summed E-state index contributed by atoms with van der Waals surface area (Å²) in [5, 5.41) is 33.7. The Bertz CT molecular complexity index is 1110. The van der Waals surface area contributed by atoms with Crippen LogP contribution in [0.4, 0.5) is 0 Å². The van der Waals surface area contributed by atoms with E-state index in [9.17, 15) is 20.1 Å². The quantitative estimate of drug-likeness (QED) is 0.480. The van der Waals surface area contributed by atoms with Gasteiger partial charge in [0.15, 0.2) is 0 Å². The molecule has 6 heteroatoms. The summed E-state index contributed by atoms with van der Waals surface area (Å²) in [5.74, 6) is 3.03. The van der Waals surface area contributed by atoms with Gasteiger partial charge in [0, 0.05) is 19.5 Å². The fraction of sp³-hybridized carbons (Fsp3) is 0.794. The van der Waals surface area contributed by atoms with Gasteiger partial charge in [-0.05, 0) is 127 Å². The highest BCUT2D eigenvalue weighted by atomic mass is 16.5. The predicted octanol–water partition coefficient (Wildman–Crippen LogP) is 4.96. The molecule has 11 atom stereocenters. The molecule has 1 amide bonds. The number of hydrogen-bond acceptors (Lipinski definition) is 5. The zero-order chi connectivity index (χ0) is 28.4. The van der Waals surface area contributed by atoms with E-state index in [0.29, 0.717) is 42.6 Å². The van der Waals surface area contributed by atoms with Crippen LogP contribution in [0.15, 0.2) is 18.2 Å². The smallest absolute Gasteiger partial charge is 0.222 e. The first-order valence-corrected chi connectivity index (χ1v) is 16.0. The van der Waals surface area contributed by atoms with E-state index in [1.807, 2.05) is 11.0 Å². The van der Waals surface area contributed by atoms with Crippen molar-refractivity contribution in [2.45, 2.75) is 110 Å². The SMILES string of the molecule is COc1ccc2c(c1)CCN(C(=O)CC[C@@H](C)[C@H]1CC[C@H]3[C@@H]4[C@H](O)C[C@@H]5C[C@H](O)CC[C@]5(C)[C@H]4C[C@H](O)[C@]13C)C2. The van der Waals surface area contributed by atoms with Crippen LogP contribution in [0.3, 0.4) is 0 Å². The molecule has 1 aromatic carbocycles. The third kappa shape index (κ3) is 4.52. The standard InChI is InChI=1S/C34H51NO5/c1-20(5-10-31(39)35-14-12-21-15-25(40-4)7-6-22(21)19-35)26-8-9-27-32-28(18-30(38)34(26,27)3)33(2)13-11-24(36)16-23(33)17-29(32)37/h6-7,15,20,23-24,26-30,32,36-38H,5,8-14,16-19H2,1-4H3/t20-,23+,24-,26-,27+,28+,29-,30+,32+,33+,34-/m1/s1. The summed E-state index contributed by atoms with van der Waals surface area (Å²) >= 11 is 0. The minimum Gasteiger partial charge on any atom is -0.497 e. The van der Waals surface area contributed by atoms with Crippen molar-refractivity contribution in [1.82, 2.24) is 4.90 Å². The number of rotatable bonds is 5. The highest BCUT2D eigenvalue weighted by molar-refractivity contribution is 5.76. The summed E-state index contributed by atoms with van der Waals surface area (Å²) in [6.07, 6.45) is 7.61. The van der Waals surface area contributed by atoms with Crippen LogP contribution in [0.25, 0.3) is 0 Å². The number of hydrogen-bond donors (Lipinski definition) is 3. The zero-order valence-corrected chi connectivity index (χ0v) is 25.0. The van der Waals surface area contributed by atoms with Crippen LogP contribution in [0.1, 0.15) is 89.7 Å². The van der Waals surface area contributed by atoms with Gasteiger partial charge >= 0.3 is 0 Å². The number of carbonyl (C=O) groups is 1. The topological polar surface area (TPSA) is 90.2 Å². The molecular formula is C34H51NO5. The molecule has 1 aromatic rings. The van der Waals surface area contributed by atoms with Crippen molar-refractivity contribution in [1.29, 1.82) is 0 Å². The number of amides is 1. The fourth-order valence-electron chi connectivity index (χ4n) is 10.7. The highest BCUT2D eigenvalue weighted by Crippen LogP contribution is 2.68. The van der Waals surface area contributed by atoms with Gasteiger partial charge in [0.1, 0.15) is 5.75 Å². The van der Waals surface area contributed by atoms with E-state index < -0.39 is 0 Å². The summed E-state index contributed by atoms with van der Waals surface area (Å²) in [6.45, 7) is 8.41. The van der Waals surface area contributed by atoms with Gasteiger partial charge in [-0.3, -0.25) is 4.79 Å². The third-order valence-corrected chi connectivity index (χ3v) is 13.1. The van der Waals surface area contributed by atoms with Gasteiger partial charge < -0.3 is 25.0 Å². The molecule has 4 aliphatic carbocycles. The first kappa shape index (κ1) is 28.5. The fourth-order valence-corrected chi connectivity index (χ4v) is 10.7. The number of fused-ring (bicyclic) bond motifs is 6. The molecule has 6 rings (SSSR count). The Morgan fingerprint density at radius 1 is 1.07 bits per heavy atom. The predicted molar refractivity (Wildman–Crippen MR) is 155 cm³/mol. The minimum atomic E-state index is -0.380. The summed E-state index contributed by atoms with van der Waals surface area (Å²) in [6, 6.07) is 6.16. The molecule has 0 aromatic heterocycles. The largest absolute Gasteiger partial charge is 0.497 e. The molecule has 0 radical (unpaired) electrons. The number of ether oxygens (including phenoxy) is 1. The lowest BCUT2D eigenvalue weighted by atomic mass is 9.43. The zero-order valence-electron chi connectivity index (χ0n) is 25.0.